The summed E-state index contributed by atoms with van der Waals surface area (Å²) in [5.74, 6) is 2.89. The van der Waals surface area contributed by atoms with E-state index in [2.05, 4.69) is 51.7 Å². The molecule has 2 atom stereocenters. The number of hydrogen-bond acceptors (Lipinski definition) is 2. The minimum Gasteiger partial charge on any atom is -0.356 e. The average Bonchev–Trinajstić information content (AvgIpc) is 3.08. The van der Waals surface area contributed by atoms with Crippen LogP contribution < -0.4 is 10.6 Å². The predicted molar refractivity (Wildman–Crippen MR) is 97.0 cm³/mol. The smallest absolute Gasteiger partial charge is 0.191 e. The molecule has 0 aromatic heterocycles. The van der Waals surface area contributed by atoms with Crippen LogP contribution in [0.3, 0.4) is 0 Å². The molecule has 2 N–H and O–H groups in total. The van der Waals surface area contributed by atoms with Crippen molar-refractivity contribution >= 4 is 17.7 Å². The van der Waals surface area contributed by atoms with E-state index in [0.29, 0.717) is 5.92 Å². The molecule has 22 heavy (non-hydrogen) atoms. The van der Waals surface area contributed by atoms with Crippen molar-refractivity contribution in [2.75, 3.05) is 25.9 Å². The second-order valence-corrected chi connectivity index (χ2v) is 7.67. The highest BCUT2D eigenvalue weighted by atomic mass is 32.2. The molecule has 1 fully saturated rings. The molecule has 1 aromatic rings. The van der Waals surface area contributed by atoms with E-state index in [1.165, 1.54) is 49.0 Å². The Kier molecular flexibility index (Phi) is 5.65. The van der Waals surface area contributed by atoms with Crippen LogP contribution in [0.15, 0.2) is 29.3 Å². The van der Waals surface area contributed by atoms with Crippen LogP contribution in [-0.4, -0.2) is 37.1 Å². The highest BCUT2D eigenvalue weighted by Gasteiger charge is 2.20. The van der Waals surface area contributed by atoms with Crippen LogP contribution in [0.2, 0.25) is 0 Å². The molecule has 4 heteroatoms. The van der Waals surface area contributed by atoms with Gasteiger partial charge in [0.05, 0.1) is 0 Å². The van der Waals surface area contributed by atoms with E-state index in [1.54, 1.807) is 0 Å². The van der Waals surface area contributed by atoms with Crippen LogP contribution in [0.5, 0.6) is 0 Å². The standard InChI is InChI=1S/C18H27N3S/c1-19-18(21-13-16-9-5-11-22-16)20-12-15-8-4-7-14-6-2-3-10-17(14)15/h2-3,6,10,15-16H,4-5,7-9,11-13H2,1H3,(H2,19,20,21). The van der Waals surface area contributed by atoms with Crippen molar-refractivity contribution in [2.24, 2.45) is 4.99 Å². The number of rotatable bonds is 4. The summed E-state index contributed by atoms with van der Waals surface area (Å²) in [6, 6.07) is 8.91. The van der Waals surface area contributed by atoms with E-state index < -0.39 is 0 Å². The SMILES string of the molecule is CN=C(NCC1CCCS1)NCC1CCCc2ccccc21. The van der Waals surface area contributed by atoms with E-state index in [0.717, 1.165) is 24.3 Å². The summed E-state index contributed by atoms with van der Waals surface area (Å²) >= 11 is 2.09. The minimum absolute atomic E-state index is 0.615. The predicted octanol–water partition coefficient (Wildman–Crippen LogP) is 3.17. The maximum Gasteiger partial charge on any atom is 0.191 e. The molecular weight excluding hydrogens is 290 g/mol. The lowest BCUT2D eigenvalue weighted by Gasteiger charge is -2.26. The molecule has 1 saturated heterocycles. The van der Waals surface area contributed by atoms with E-state index in [1.807, 2.05) is 7.05 Å². The Balaban J connectivity index is 1.50. The fourth-order valence-electron chi connectivity index (χ4n) is 3.52. The summed E-state index contributed by atoms with van der Waals surface area (Å²) in [4.78, 5) is 4.37. The minimum atomic E-state index is 0.615. The Morgan fingerprint density at radius 2 is 2.05 bits per heavy atom. The van der Waals surface area contributed by atoms with Gasteiger partial charge in [-0.15, -0.1) is 0 Å². The van der Waals surface area contributed by atoms with Gasteiger partial charge in [0.2, 0.25) is 0 Å². The lowest BCUT2D eigenvalue weighted by atomic mass is 9.83. The van der Waals surface area contributed by atoms with Crippen molar-refractivity contribution in [1.82, 2.24) is 10.6 Å². The molecule has 2 unspecified atom stereocenters. The molecule has 0 spiro atoms. The number of benzene rings is 1. The largest absolute Gasteiger partial charge is 0.356 e. The fraction of sp³-hybridized carbons (Fsp3) is 0.611. The van der Waals surface area contributed by atoms with Crippen molar-refractivity contribution in [3.8, 4) is 0 Å². The Labute approximate surface area is 138 Å². The lowest BCUT2D eigenvalue weighted by molar-refractivity contribution is 0.539. The Morgan fingerprint density at radius 3 is 2.86 bits per heavy atom. The zero-order chi connectivity index (χ0) is 15.2. The van der Waals surface area contributed by atoms with Gasteiger partial charge in [-0.05, 0) is 49.0 Å². The first kappa shape index (κ1) is 15.7. The van der Waals surface area contributed by atoms with Crippen LogP contribution in [0.1, 0.15) is 42.7 Å². The molecule has 1 aliphatic heterocycles. The van der Waals surface area contributed by atoms with Crippen LogP contribution in [0, 0.1) is 0 Å². The molecule has 3 nitrogen and oxygen atoms in total. The molecule has 0 amide bonds. The average molecular weight is 318 g/mol. The van der Waals surface area contributed by atoms with Crippen molar-refractivity contribution in [3.05, 3.63) is 35.4 Å². The van der Waals surface area contributed by atoms with Gasteiger partial charge in [-0.25, -0.2) is 0 Å². The van der Waals surface area contributed by atoms with Gasteiger partial charge in [0.25, 0.3) is 0 Å². The second kappa shape index (κ2) is 7.91. The van der Waals surface area contributed by atoms with Crippen LogP contribution in [0.4, 0.5) is 0 Å². The Bertz CT molecular complexity index is 509. The molecule has 0 saturated carbocycles. The summed E-state index contributed by atoms with van der Waals surface area (Å²) < 4.78 is 0. The highest BCUT2D eigenvalue weighted by Crippen LogP contribution is 2.30. The van der Waals surface area contributed by atoms with Gasteiger partial charge >= 0.3 is 0 Å². The second-order valence-electron chi connectivity index (χ2n) is 6.26. The van der Waals surface area contributed by atoms with Gasteiger partial charge < -0.3 is 10.6 Å². The monoisotopic (exact) mass is 317 g/mol. The normalized spacial score (nSPS) is 24.9. The summed E-state index contributed by atoms with van der Waals surface area (Å²) in [6.45, 7) is 2.01. The summed E-state index contributed by atoms with van der Waals surface area (Å²) in [6.07, 6.45) is 6.51. The van der Waals surface area contributed by atoms with E-state index in [4.69, 9.17) is 0 Å². The van der Waals surface area contributed by atoms with Crippen molar-refractivity contribution in [3.63, 3.8) is 0 Å². The van der Waals surface area contributed by atoms with E-state index in [-0.39, 0.29) is 0 Å². The van der Waals surface area contributed by atoms with Crippen LogP contribution in [0.25, 0.3) is 0 Å². The van der Waals surface area contributed by atoms with Gasteiger partial charge in [0.1, 0.15) is 0 Å². The lowest BCUT2D eigenvalue weighted by Crippen LogP contribution is -2.42. The first-order valence-electron chi connectivity index (χ1n) is 8.50. The molecule has 1 aromatic carbocycles. The number of hydrogen-bond donors (Lipinski definition) is 2. The van der Waals surface area contributed by atoms with Gasteiger partial charge in [-0.1, -0.05) is 24.3 Å². The van der Waals surface area contributed by atoms with Gasteiger partial charge in [0.15, 0.2) is 5.96 Å². The number of fused-ring (bicyclic) bond motifs is 1. The van der Waals surface area contributed by atoms with Gasteiger partial charge in [-0.3, -0.25) is 4.99 Å². The molecule has 1 aliphatic carbocycles. The quantitative estimate of drug-likeness (QED) is 0.661. The molecule has 0 radical (unpaired) electrons. The van der Waals surface area contributed by atoms with Gasteiger partial charge in [0, 0.05) is 31.3 Å². The van der Waals surface area contributed by atoms with Crippen LogP contribution >= 0.6 is 11.8 Å². The zero-order valence-corrected chi connectivity index (χ0v) is 14.3. The van der Waals surface area contributed by atoms with Gasteiger partial charge in [-0.2, -0.15) is 11.8 Å². The Morgan fingerprint density at radius 1 is 1.18 bits per heavy atom. The van der Waals surface area contributed by atoms with Crippen molar-refractivity contribution in [1.29, 1.82) is 0 Å². The maximum absolute atomic E-state index is 4.37. The van der Waals surface area contributed by atoms with Crippen molar-refractivity contribution < 1.29 is 0 Å². The van der Waals surface area contributed by atoms with E-state index in [9.17, 15) is 0 Å². The summed E-state index contributed by atoms with van der Waals surface area (Å²) in [5.41, 5.74) is 3.06. The zero-order valence-electron chi connectivity index (χ0n) is 13.5. The molecule has 0 bridgehead atoms. The first-order chi connectivity index (χ1) is 10.9. The molecule has 1 heterocycles. The molecule has 3 rings (SSSR count). The summed E-state index contributed by atoms with van der Waals surface area (Å²) in [5, 5.41) is 7.78. The topological polar surface area (TPSA) is 36.4 Å². The number of guanidine groups is 1. The third-order valence-corrected chi connectivity index (χ3v) is 6.15. The van der Waals surface area contributed by atoms with Crippen LogP contribution in [-0.2, 0) is 6.42 Å². The molecule has 120 valence electrons. The molecule has 2 aliphatic rings. The summed E-state index contributed by atoms with van der Waals surface area (Å²) in [7, 11) is 1.87. The fourth-order valence-corrected chi connectivity index (χ4v) is 4.72. The number of thioether (sulfide) groups is 1. The number of nitrogens with zero attached hydrogens (tertiary/aromatic N) is 1. The number of aryl methyl sites for hydroxylation is 1. The third-order valence-electron chi connectivity index (χ3n) is 4.75. The maximum atomic E-state index is 4.37. The third kappa shape index (κ3) is 3.97. The number of nitrogens with one attached hydrogen (secondary N) is 2. The van der Waals surface area contributed by atoms with Crippen molar-refractivity contribution in [2.45, 2.75) is 43.3 Å². The molecular formula is C18H27N3S. The number of aliphatic imine (C=N–C) groups is 1. The Hall–Kier alpha value is -1.16. The highest BCUT2D eigenvalue weighted by molar-refractivity contribution is 8.00. The van der Waals surface area contributed by atoms with E-state index >= 15 is 0 Å². The first-order valence-corrected chi connectivity index (χ1v) is 9.55.